The van der Waals surface area contributed by atoms with Gasteiger partial charge in [-0.2, -0.15) is 0 Å². The summed E-state index contributed by atoms with van der Waals surface area (Å²) >= 11 is 0. The summed E-state index contributed by atoms with van der Waals surface area (Å²) in [7, 11) is 1.60. The van der Waals surface area contributed by atoms with Crippen LogP contribution >= 0.6 is 0 Å². The average Bonchev–Trinajstić information content (AvgIpc) is 3.36. The predicted molar refractivity (Wildman–Crippen MR) is 129 cm³/mol. The lowest BCUT2D eigenvalue weighted by molar-refractivity contribution is -0.145. The molecule has 0 aromatic heterocycles. The zero-order chi connectivity index (χ0) is 25.1. The maximum atomic E-state index is 12.9. The van der Waals surface area contributed by atoms with Gasteiger partial charge in [-0.05, 0) is 35.4 Å². The van der Waals surface area contributed by atoms with Crippen molar-refractivity contribution in [3.8, 4) is 17.2 Å². The van der Waals surface area contributed by atoms with Gasteiger partial charge in [0, 0.05) is 38.0 Å². The number of nitrogens with zero attached hydrogens (tertiary/aromatic N) is 2. The molecule has 5 rings (SSSR count). The molecule has 2 aromatic carbocycles. The highest BCUT2D eigenvalue weighted by Crippen LogP contribution is 2.44. The molecule has 1 unspecified atom stereocenters. The molecular formula is C26H31N3O7. The summed E-state index contributed by atoms with van der Waals surface area (Å²) in [5.74, 6) is -0.384. The number of hydrazine groups is 1. The van der Waals surface area contributed by atoms with Gasteiger partial charge in [-0.15, -0.1) is 0 Å². The number of rotatable bonds is 7. The van der Waals surface area contributed by atoms with Crippen LogP contribution in [0.25, 0.3) is 0 Å². The van der Waals surface area contributed by atoms with Crippen LogP contribution in [-0.4, -0.2) is 86.7 Å². The molecule has 10 heteroatoms. The van der Waals surface area contributed by atoms with E-state index in [1.807, 2.05) is 52.4 Å². The lowest BCUT2D eigenvalue weighted by atomic mass is 9.71. The molecule has 10 nitrogen and oxygen atoms in total. The van der Waals surface area contributed by atoms with Crippen LogP contribution in [0.15, 0.2) is 42.5 Å². The molecule has 2 fully saturated rings. The third kappa shape index (κ3) is 5.25. The highest BCUT2D eigenvalue weighted by atomic mass is 16.7. The molecule has 0 bridgehead atoms. The number of aliphatic carboxylic acids is 1. The number of carbonyl (C=O) groups excluding carboxylic acids is 1. The number of nitrogens with one attached hydrogen (secondary N) is 1. The van der Waals surface area contributed by atoms with Crippen molar-refractivity contribution in [1.82, 2.24) is 15.3 Å². The topological polar surface area (TPSA) is 110 Å². The SMILES string of the molecule is COc1ccc([C@H]2CN(CC(=O)NN3CCOCC3)CC(c3ccc4c(c3)OCO4)[C@@H]2C(=O)O)cc1. The van der Waals surface area contributed by atoms with Gasteiger partial charge in [0.15, 0.2) is 11.5 Å². The van der Waals surface area contributed by atoms with E-state index in [0.717, 1.165) is 11.1 Å². The molecule has 2 N–H and O–H groups in total. The molecule has 192 valence electrons. The van der Waals surface area contributed by atoms with E-state index in [1.54, 1.807) is 7.11 Å². The fourth-order valence-electron chi connectivity index (χ4n) is 5.32. The summed E-state index contributed by atoms with van der Waals surface area (Å²) in [6.45, 7) is 3.63. The van der Waals surface area contributed by atoms with Crippen molar-refractivity contribution in [3.63, 3.8) is 0 Å². The van der Waals surface area contributed by atoms with Gasteiger partial charge in [0.1, 0.15) is 5.75 Å². The highest BCUT2D eigenvalue weighted by molar-refractivity contribution is 5.78. The molecule has 0 saturated carbocycles. The molecular weight excluding hydrogens is 466 g/mol. The van der Waals surface area contributed by atoms with Crippen LogP contribution in [0.1, 0.15) is 23.0 Å². The average molecular weight is 498 g/mol. The number of piperidine rings is 1. The molecule has 2 saturated heterocycles. The number of amides is 1. The molecule has 3 heterocycles. The number of methoxy groups -OCH3 is 1. The van der Waals surface area contributed by atoms with E-state index >= 15 is 0 Å². The van der Waals surface area contributed by atoms with Gasteiger partial charge in [-0.3, -0.25) is 19.9 Å². The molecule has 36 heavy (non-hydrogen) atoms. The minimum absolute atomic E-state index is 0.122. The Morgan fingerprint density at radius 1 is 1.00 bits per heavy atom. The van der Waals surface area contributed by atoms with Crippen molar-refractivity contribution >= 4 is 11.9 Å². The summed E-state index contributed by atoms with van der Waals surface area (Å²) < 4.78 is 21.7. The Hall–Kier alpha value is -3.34. The largest absolute Gasteiger partial charge is 0.497 e. The zero-order valence-corrected chi connectivity index (χ0v) is 20.2. The first kappa shape index (κ1) is 24.4. The van der Waals surface area contributed by atoms with Crippen molar-refractivity contribution < 1.29 is 33.6 Å². The maximum absolute atomic E-state index is 12.9. The van der Waals surface area contributed by atoms with E-state index in [1.165, 1.54) is 0 Å². The van der Waals surface area contributed by atoms with Gasteiger partial charge in [0.05, 0.1) is 32.8 Å². The Kier molecular flexibility index (Phi) is 7.26. The van der Waals surface area contributed by atoms with Crippen molar-refractivity contribution in [2.45, 2.75) is 11.8 Å². The quantitative estimate of drug-likeness (QED) is 0.590. The lowest BCUT2D eigenvalue weighted by Crippen LogP contribution is -2.54. The summed E-state index contributed by atoms with van der Waals surface area (Å²) in [4.78, 5) is 27.6. The monoisotopic (exact) mass is 497 g/mol. The highest BCUT2D eigenvalue weighted by Gasteiger charge is 2.43. The molecule has 2 aromatic rings. The number of morpholine rings is 1. The van der Waals surface area contributed by atoms with E-state index in [2.05, 4.69) is 5.43 Å². The Balaban J connectivity index is 1.43. The number of carboxylic acids is 1. The maximum Gasteiger partial charge on any atom is 0.307 e. The van der Waals surface area contributed by atoms with E-state index in [-0.39, 0.29) is 31.1 Å². The van der Waals surface area contributed by atoms with Crippen molar-refractivity contribution in [2.24, 2.45) is 5.92 Å². The van der Waals surface area contributed by atoms with Crippen LogP contribution in [0.2, 0.25) is 0 Å². The van der Waals surface area contributed by atoms with Crippen molar-refractivity contribution in [2.75, 3.05) is 59.8 Å². The van der Waals surface area contributed by atoms with Crippen LogP contribution in [-0.2, 0) is 14.3 Å². The fraction of sp³-hybridized carbons (Fsp3) is 0.462. The Morgan fingerprint density at radius 3 is 2.36 bits per heavy atom. The second-order valence-electron chi connectivity index (χ2n) is 9.29. The molecule has 0 spiro atoms. The van der Waals surface area contributed by atoms with Gasteiger partial charge in [0.2, 0.25) is 12.7 Å². The van der Waals surface area contributed by atoms with E-state index in [0.29, 0.717) is 56.6 Å². The summed E-state index contributed by atoms with van der Waals surface area (Å²) in [6.07, 6.45) is 0. The number of ether oxygens (including phenoxy) is 4. The summed E-state index contributed by atoms with van der Waals surface area (Å²) in [6, 6.07) is 13.1. The van der Waals surface area contributed by atoms with Crippen LogP contribution in [0, 0.1) is 5.92 Å². The number of carbonyl (C=O) groups is 2. The number of benzene rings is 2. The summed E-state index contributed by atoms with van der Waals surface area (Å²) in [5, 5.41) is 12.3. The number of hydrogen-bond donors (Lipinski definition) is 2. The molecule has 1 amide bonds. The number of likely N-dealkylation sites (tertiary alicyclic amines) is 1. The fourth-order valence-corrected chi connectivity index (χ4v) is 5.32. The third-order valence-corrected chi connectivity index (χ3v) is 7.09. The molecule has 0 radical (unpaired) electrons. The van der Waals surface area contributed by atoms with E-state index < -0.39 is 11.9 Å². The van der Waals surface area contributed by atoms with Gasteiger partial charge < -0.3 is 24.1 Å². The Bertz CT molecular complexity index is 1090. The lowest BCUT2D eigenvalue weighted by Gasteiger charge is -2.42. The van der Waals surface area contributed by atoms with Crippen LogP contribution in [0.5, 0.6) is 17.2 Å². The normalized spacial score (nSPS) is 24.3. The number of carboxylic acid groups (broad SMARTS) is 1. The molecule has 3 aliphatic heterocycles. The zero-order valence-electron chi connectivity index (χ0n) is 20.2. The number of fused-ring (bicyclic) bond motifs is 1. The first-order chi connectivity index (χ1) is 17.5. The first-order valence-corrected chi connectivity index (χ1v) is 12.1. The smallest absolute Gasteiger partial charge is 0.307 e. The Labute approximate surface area is 209 Å². The molecule has 3 atom stereocenters. The Morgan fingerprint density at radius 2 is 1.67 bits per heavy atom. The van der Waals surface area contributed by atoms with Gasteiger partial charge in [-0.25, -0.2) is 5.01 Å². The van der Waals surface area contributed by atoms with Gasteiger partial charge >= 0.3 is 5.97 Å². The van der Waals surface area contributed by atoms with Gasteiger partial charge in [-0.1, -0.05) is 18.2 Å². The second kappa shape index (κ2) is 10.7. The second-order valence-corrected chi connectivity index (χ2v) is 9.29. The minimum Gasteiger partial charge on any atom is -0.497 e. The van der Waals surface area contributed by atoms with E-state index in [9.17, 15) is 14.7 Å². The van der Waals surface area contributed by atoms with Crippen LogP contribution < -0.4 is 19.6 Å². The minimum atomic E-state index is -0.865. The van der Waals surface area contributed by atoms with Crippen LogP contribution in [0.4, 0.5) is 0 Å². The predicted octanol–water partition coefficient (Wildman–Crippen LogP) is 1.67. The van der Waals surface area contributed by atoms with E-state index in [4.69, 9.17) is 18.9 Å². The van der Waals surface area contributed by atoms with Gasteiger partial charge in [0.25, 0.3) is 0 Å². The first-order valence-electron chi connectivity index (χ1n) is 12.1. The van der Waals surface area contributed by atoms with Crippen molar-refractivity contribution in [3.05, 3.63) is 53.6 Å². The molecule has 3 aliphatic rings. The summed E-state index contributed by atoms with van der Waals surface area (Å²) in [5.41, 5.74) is 4.71. The standard InChI is InChI=1S/C26H31N3O7/c1-33-19-5-2-17(3-6-19)20-13-28(15-24(30)27-29-8-10-34-11-9-29)14-21(25(20)26(31)32)18-4-7-22-23(12-18)36-16-35-22/h2-7,12,20-21,25H,8-11,13-16H2,1H3,(H,27,30)(H,31,32)/t20-,21?,25-/m1/s1. The van der Waals surface area contributed by atoms with Crippen LogP contribution in [0.3, 0.4) is 0 Å². The molecule has 0 aliphatic carbocycles. The third-order valence-electron chi connectivity index (χ3n) is 7.09. The number of hydrogen-bond acceptors (Lipinski definition) is 8. The van der Waals surface area contributed by atoms with Crippen molar-refractivity contribution in [1.29, 1.82) is 0 Å².